The molecule has 0 aromatic carbocycles. The molecule has 0 radical (unpaired) electrons. The number of rotatable bonds is 4. The quantitative estimate of drug-likeness (QED) is 0.495. The van der Waals surface area contributed by atoms with Crippen LogP contribution in [0.3, 0.4) is 0 Å². The Morgan fingerprint density at radius 1 is 1.46 bits per heavy atom. The number of ether oxygens (including phenoxy) is 1. The molecular formula is C10H21NO2. The van der Waals surface area contributed by atoms with Gasteiger partial charge in [0.2, 0.25) is 0 Å². The van der Waals surface area contributed by atoms with Crippen molar-refractivity contribution in [2.45, 2.75) is 20.3 Å². The molecule has 0 aliphatic rings. The second kappa shape index (κ2) is 11.2. The maximum Gasteiger partial charge on any atom is 0.330 e. The van der Waals surface area contributed by atoms with E-state index in [2.05, 4.69) is 37.2 Å². The molecule has 0 aromatic rings. The fraction of sp³-hybridized carbons (Fsp3) is 0.700. The van der Waals surface area contributed by atoms with Crippen LogP contribution in [-0.4, -0.2) is 38.1 Å². The van der Waals surface area contributed by atoms with E-state index in [1.54, 1.807) is 6.92 Å². The Morgan fingerprint density at radius 3 is 2.08 bits per heavy atom. The fourth-order valence-electron chi connectivity index (χ4n) is 0.648. The molecule has 78 valence electrons. The average molecular weight is 187 g/mol. The van der Waals surface area contributed by atoms with Crippen molar-refractivity contribution in [1.82, 2.24) is 4.90 Å². The first-order chi connectivity index (χ1) is 6.08. The zero-order valence-corrected chi connectivity index (χ0v) is 9.17. The zero-order valence-electron chi connectivity index (χ0n) is 9.17. The molecule has 0 bridgehead atoms. The van der Waals surface area contributed by atoms with E-state index in [1.807, 2.05) is 0 Å². The minimum atomic E-state index is -0.359. The maximum absolute atomic E-state index is 10.1. The van der Waals surface area contributed by atoms with Crippen molar-refractivity contribution < 1.29 is 9.53 Å². The van der Waals surface area contributed by atoms with Gasteiger partial charge in [-0.25, -0.2) is 4.79 Å². The third-order valence-electron chi connectivity index (χ3n) is 1.12. The second-order valence-corrected chi connectivity index (χ2v) is 2.76. The molecule has 0 aliphatic heterocycles. The Balaban J connectivity index is 0. The Morgan fingerprint density at radius 2 is 2.00 bits per heavy atom. The van der Waals surface area contributed by atoms with Gasteiger partial charge in [0.15, 0.2) is 0 Å². The lowest BCUT2D eigenvalue weighted by atomic mass is 10.5. The van der Waals surface area contributed by atoms with E-state index in [0.29, 0.717) is 6.61 Å². The molecule has 0 aromatic heterocycles. The lowest BCUT2D eigenvalue weighted by Crippen LogP contribution is -2.11. The molecule has 0 fully saturated rings. The van der Waals surface area contributed by atoms with Gasteiger partial charge in [-0.1, -0.05) is 13.5 Å². The van der Waals surface area contributed by atoms with Crippen molar-refractivity contribution in [3.63, 3.8) is 0 Å². The molecule has 3 nitrogen and oxygen atoms in total. The summed E-state index contributed by atoms with van der Waals surface area (Å²) in [6, 6.07) is 0. The van der Waals surface area contributed by atoms with Crippen molar-refractivity contribution in [3.8, 4) is 0 Å². The van der Waals surface area contributed by atoms with E-state index in [1.165, 1.54) is 13.0 Å². The molecule has 0 unspecified atom stereocenters. The highest BCUT2D eigenvalue weighted by Crippen LogP contribution is 1.76. The van der Waals surface area contributed by atoms with Gasteiger partial charge < -0.3 is 9.64 Å². The molecule has 0 amide bonds. The molecule has 13 heavy (non-hydrogen) atoms. The summed E-state index contributed by atoms with van der Waals surface area (Å²) in [5.74, 6) is -0.359. The van der Waals surface area contributed by atoms with Gasteiger partial charge in [0, 0.05) is 6.08 Å². The molecular weight excluding hydrogens is 166 g/mol. The van der Waals surface area contributed by atoms with Crippen LogP contribution in [0, 0.1) is 0 Å². The monoisotopic (exact) mass is 187 g/mol. The summed E-state index contributed by atoms with van der Waals surface area (Å²) in [4.78, 5) is 12.3. The first kappa shape index (κ1) is 14.7. The molecule has 0 aliphatic carbocycles. The molecule has 0 atom stereocenters. The highest BCUT2D eigenvalue weighted by molar-refractivity contribution is 5.81. The van der Waals surface area contributed by atoms with Gasteiger partial charge in [-0.2, -0.15) is 0 Å². The molecule has 0 N–H and O–H groups in total. The van der Waals surface area contributed by atoms with Gasteiger partial charge in [0.1, 0.15) is 0 Å². The van der Waals surface area contributed by atoms with Gasteiger partial charge in [0.05, 0.1) is 6.61 Å². The summed E-state index contributed by atoms with van der Waals surface area (Å²) in [5, 5.41) is 0. The van der Waals surface area contributed by atoms with Gasteiger partial charge in [0.25, 0.3) is 0 Å². The standard InChI is InChI=1S/C5H13N.C5H8O2/c1-4-5-6(2)3;1-3-5(6)7-4-2/h4-5H2,1-3H3;3H,1,4H2,2H3. The van der Waals surface area contributed by atoms with Crippen LogP contribution in [0.2, 0.25) is 0 Å². The van der Waals surface area contributed by atoms with Crippen LogP contribution in [0.4, 0.5) is 0 Å². The predicted octanol–water partition coefficient (Wildman–Crippen LogP) is 1.69. The number of nitrogens with zero attached hydrogens (tertiary/aromatic N) is 1. The lowest BCUT2D eigenvalue weighted by Gasteiger charge is -2.03. The van der Waals surface area contributed by atoms with Gasteiger partial charge in [-0.3, -0.25) is 0 Å². The van der Waals surface area contributed by atoms with E-state index in [-0.39, 0.29) is 5.97 Å². The first-order valence-electron chi connectivity index (χ1n) is 4.52. The average Bonchev–Trinajstić information content (AvgIpc) is 2.05. The fourth-order valence-corrected chi connectivity index (χ4v) is 0.648. The summed E-state index contributed by atoms with van der Waals surface area (Å²) in [5.41, 5.74) is 0. The molecule has 0 saturated heterocycles. The highest BCUT2D eigenvalue weighted by Gasteiger charge is 1.86. The van der Waals surface area contributed by atoms with Crippen LogP contribution in [0.25, 0.3) is 0 Å². The first-order valence-corrected chi connectivity index (χ1v) is 4.52. The van der Waals surface area contributed by atoms with Crippen LogP contribution >= 0.6 is 0 Å². The Hall–Kier alpha value is -0.830. The highest BCUT2D eigenvalue weighted by atomic mass is 16.5. The number of esters is 1. The Bertz CT molecular complexity index is 133. The van der Waals surface area contributed by atoms with Gasteiger partial charge in [-0.05, 0) is 34.0 Å². The summed E-state index contributed by atoms with van der Waals surface area (Å²) in [7, 11) is 4.17. The van der Waals surface area contributed by atoms with Gasteiger partial charge >= 0.3 is 5.97 Å². The molecule has 0 heterocycles. The smallest absolute Gasteiger partial charge is 0.330 e. The van der Waals surface area contributed by atoms with Crippen molar-refractivity contribution in [2.24, 2.45) is 0 Å². The van der Waals surface area contributed by atoms with Crippen LogP contribution in [0.15, 0.2) is 12.7 Å². The summed E-state index contributed by atoms with van der Waals surface area (Å²) in [6.07, 6.45) is 2.40. The third-order valence-corrected chi connectivity index (χ3v) is 1.12. The van der Waals surface area contributed by atoms with Crippen LogP contribution in [-0.2, 0) is 9.53 Å². The largest absolute Gasteiger partial charge is 0.463 e. The summed E-state index contributed by atoms with van der Waals surface area (Å²) in [6.45, 7) is 8.77. The van der Waals surface area contributed by atoms with Crippen LogP contribution in [0.1, 0.15) is 20.3 Å². The SMILES string of the molecule is C=CC(=O)OCC.CCCN(C)C. The van der Waals surface area contributed by atoms with E-state index < -0.39 is 0 Å². The maximum atomic E-state index is 10.1. The van der Waals surface area contributed by atoms with Crippen molar-refractivity contribution in [1.29, 1.82) is 0 Å². The van der Waals surface area contributed by atoms with Crippen molar-refractivity contribution in [3.05, 3.63) is 12.7 Å². The number of hydrogen-bond acceptors (Lipinski definition) is 3. The molecule has 0 saturated carbocycles. The van der Waals surface area contributed by atoms with Gasteiger partial charge in [-0.15, -0.1) is 0 Å². The zero-order chi connectivity index (χ0) is 10.7. The summed E-state index contributed by atoms with van der Waals surface area (Å²) >= 11 is 0. The lowest BCUT2D eigenvalue weighted by molar-refractivity contribution is -0.137. The minimum Gasteiger partial charge on any atom is -0.463 e. The van der Waals surface area contributed by atoms with Crippen LogP contribution < -0.4 is 0 Å². The van der Waals surface area contributed by atoms with E-state index in [9.17, 15) is 4.79 Å². The van der Waals surface area contributed by atoms with E-state index in [4.69, 9.17) is 0 Å². The number of carbonyl (C=O) groups is 1. The normalized spacial score (nSPS) is 8.69. The van der Waals surface area contributed by atoms with E-state index in [0.717, 1.165) is 6.08 Å². The minimum absolute atomic E-state index is 0.359. The second-order valence-electron chi connectivity index (χ2n) is 2.76. The topological polar surface area (TPSA) is 29.5 Å². The molecule has 0 rings (SSSR count). The number of carbonyl (C=O) groups excluding carboxylic acids is 1. The number of hydrogen-bond donors (Lipinski definition) is 0. The third kappa shape index (κ3) is 18.3. The predicted molar refractivity (Wildman–Crippen MR) is 55.7 cm³/mol. The summed E-state index contributed by atoms with van der Waals surface area (Å²) < 4.78 is 4.43. The molecule has 3 heteroatoms. The van der Waals surface area contributed by atoms with Crippen LogP contribution in [0.5, 0.6) is 0 Å². The molecule has 0 spiro atoms. The Labute approximate surface area is 81.4 Å². The van der Waals surface area contributed by atoms with Crippen molar-refractivity contribution >= 4 is 5.97 Å². The Kier molecular flexibility index (Phi) is 12.6. The van der Waals surface area contributed by atoms with E-state index >= 15 is 0 Å². The van der Waals surface area contributed by atoms with Crippen molar-refractivity contribution in [2.75, 3.05) is 27.2 Å².